The molecule has 9 heteroatoms. The third kappa shape index (κ3) is 5.52. The Morgan fingerprint density at radius 3 is 2.45 bits per heavy atom. The summed E-state index contributed by atoms with van der Waals surface area (Å²) in [5.74, 6) is -1.11. The molecule has 1 aliphatic rings. The van der Waals surface area contributed by atoms with E-state index in [2.05, 4.69) is 15.5 Å². The zero-order chi connectivity index (χ0) is 22.5. The van der Waals surface area contributed by atoms with E-state index < -0.39 is 16.9 Å². The van der Waals surface area contributed by atoms with Crippen molar-refractivity contribution in [1.29, 1.82) is 0 Å². The molecule has 164 valence electrons. The number of anilines is 2. The summed E-state index contributed by atoms with van der Waals surface area (Å²) in [5.41, 5.74) is 1.57. The van der Waals surface area contributed by atoms with Crippen LogP contribution in [-0.2, 0) is 4.79 Å². The van der Waals surface area contributed by atoms with Crippen LogP contribution >= 0.6 is 11.6 Å². The summed E-state index contributed by atoms with van der Waals surface area (Å²) in [6.45, 7) is 5.64. The van der Waals surface area contributed by atoms with Crippen molar-refractivity contribution >= 4 is 40.5 Å². The van der Waals surface area contributed by atoms with Crippen molar-refractivity contribution in [3.8, 4) is 0 Å². The molecule has 0 spiro atoms. The first-order valence-corrected chi connectivity index (χ1v) is 10.5. The van der Waals surface area contributed by atoms with Gasteiger partial charge in [0.25, 0.3) is 11.6 Å². The Morgan fingerprint density at radius 1 is 1.13 bits per heavy atom. The number of rotatable bonds is 7. The Morgan fingerprint density at radius 2 is 1.84 bits per heavy atom. The third-order valence-corrected chi connectivity index (χ3v) is 5.54. The largest absolute Gasteiger partial charge is 0.371 e. The molecule has 1 saturated heterocycles. The zero-order valence-corrected chi connectivity index (χ0v) is 18.2. The van der Waals surface area contributed by atoms with E-state index in [1.165, 1.54) is 12.1 Å². The van der Waals surface area contributed by atoms with Gasteiger partial charge in [0.05, 0.1) is 15.5 Å². The second-order valence-corrected chi connectivity index (χ2v) is 8.26. The fraction of sp³-hybridized carbons (Fsp3) is 0.364. The Hall–Kier alpha value is -3.13. The molecule has 3 rings (SSSR count). The lowest BCUT2D eigenvalue weighted by molar-refractivity contribution is -0.384. The van der Waals surface area contributed by atoms with Crippen LogP contribution in [0.5, 0.6) is 0 Å². The first kappa shape index (κ1) is 22.6. The quantitative estimate of drug-likeness (QED) is 0.491. The van der Waals surface area contributed by atoms with Gasteiger partial charge in [-0.05, 0) is 43.0 Å². The van der Waals surface area contributed by atoms with E-state index in [4.69, 9.17) is 11.6 Å². The van der Waals surface area contributed by atoms with Crippen LogP contribution in [-0.4, -0.2) is 35.9 Å². The van der Waals surface area contributed by atoms with Crippen molar-refractivity contribution in [2.24, 2.45) is 5.92 Å². The van der Waals surface area contributed by atoms with Crippen molar-refractivity contribution in [3.63, 3.8) is 0 Å². The highest BCUT2D eigenvalue weighted by Gasteiger charge is 2.26. The molecule has 31 heavy (non-hydrogen) atoms. The normalized spacial score (nSPS) is 14.4. The second kappa shape index (κ2) is 9.78. The number of non-ortho nitro benzene ring substituents is 1. The smallest absolute Gasteiger partial charge is 0.270 e. The Bertz CT molecular complexity index is 989. The minimum Gasteiger partial charge on any atom is -0.371 e. The van der Waals surface area contributed by atoms with Gasteiger partial charge in [-0.25, -0.2) is 0 Å². The van der Waals surface area contributed by atoms with Crippen LogP contribution in [0.1, 0.15) is 37.0 Å². The highest BCUT2D eigenvalue weighted by atomic mass is 35.5. The van der Waals surface area contributed by atoms with Crippen LogP contribution in [0.3, 0.4) is 0 Å². The predicted octanol–water partition coefficient (Wildman–Crippen LogP) is 4.24. The minimum absolute atomic E-state index is 0.0482. The summed E-state index contributed by atoms with van der Waals surface area (Å²) in [5, 5.41) is 16.4. The minimum atomic E-state index is -0.811. The average molecular weight is 445 g/mol. The fourth-order valence-electron chi connectivity index (χ4n) is 3.53. The monoisotopic (exact) mass is 444 g/mol. The molecule has 2 aromatic carbocycles. The molecule has 0 bridgehead atoms. The van der Waals surface area contributed by atoms with Gasteiger partial charge in [-0.1, -0.05) is 31.5 Å². The molecular weight excluding hydrogens is 420 g/mol. The Kier molecular flexibility index (Phi) is 7.12. The van der Waals surface area contributed by atoms with Gasteiger partial charge < -0.3 is 15.5 Å². The second-order valence-electron chi connectivity index (χ2n) is 7.85. The molecule has 1 heterocycles. The third-order valence-electron chi connectivity index (χ3n) is 5.23. The molecule has 0 aliphatic carbocycles. The van der Waals surface area contributed by atoms with Crippen LogP contribution in [0.4, 0.5) is 17.1 Å². The molecule has 2 amide bonds. The molecule has 8 nitrogen and oxygen atoms in total. The summed E-state index contributed by atoms with van der Waals surface area (Å²) < 4.78 is 0. The number of hydrogen-bond donors (Lipinski definition) is 2. The van der Waals surface area contributed by atoms with E-state index in [1.54, 1.807) is 0 Å². The van der Waals surface area contributed by atoms with Gasteiger partial charge in [-0.2, -0.15) is 0 Å². The number of carbonyl (C=O) groups is 2. The topological polar surface area (TPSA) is 105 Å². The van der Waals surface area contributed by atoms with Crippen LogP contribution in [0.2, 0.25) is 5.02 Å². The SMILES string of the molecule is CC(C)C(NC(=O)c1ccc([N+](=O)[O-])cc1Cl)C(=O)Nc1cccc(N2CCCC2)c1. The number of nitro benzene ring substituents is 1. The first-order valence-electron chi connectivity index (χ1n) is 10.2. The number of halogens is 1. The van der Waals surface area contributed by atoms with E-state index in [-0.39, 0.29) is 28.1 Å². The highest BCUT2D eigenvalue weighted by Crippen LogP contribution is 2.25. The summed E-state index contributed by atoms with van der Waals surface area (Å²) in [6, 6.07) is 10.4. The molecule has 1 fully saturated rings. The molecule has 0 radical (unpaired) electrons. The molecular formula is C22H25ClN4O4. The van der Waals surface area contributed by atoms with Crippen molar-refractivity contribution < 1.29 is 14.5 Å². The molecule has 2 aromatic rings. The number of nitrogens with one attached hydrogen (secondary N) is 2. The maximum Gasteiger partial charge on any atom is 0.270 e. The van der Waals surface area contributed by atoms with Crippen molar-refractivity contribution in [1.82, 2.24) is 5.32 Å². The van der Waals surface area contributed by atoms with Crippen molar-refractivity contribution in [3.05, 3.63) is 63.2 Å². The lowest BCUT2D eigenvalue weighted by Gasteiger charge is -2.23. The van der Waals surface area contributed by atoms with Gasteiger partial charge in [-0.15, -0.1) is 0 Å². The molecule has 1 aliphatic heterocycles. The number of nitrogens with zero attached hydrogens (tertiary/aromatic N) is 2. The summed E-state index contributed by atoms with van der Waals surface area (Å²) in [7, 11) is 0. The van der Waals surface area contributed by atoms with E-state index >= 15 is 0 Å². The first-order chi connectivity index (χ1) is 14.8. The van der Waals surface area contributed by atoms with Gasteiger partial charge in [0, 0.05) is 36.6 Å². The molecule has 0 aromatic heterocycles. The lowest BCUT2D eigenvalue weighted by Crippen LogP contribution is -2.47. The predicted molar refractivity (Wildman–Crippen MR) is 121 cm³/mol. The fourth-order valence-corrected chi connectivity index (χ4v) is 3.79. The van der Waals surface area contributed by atoms with Crippen LogP contribution in [0.15, 0.2) is 42.5 Å². The Labute approximate surface area is 185 Å². The summed E-state index contributed by atoms with van der Waals surface area (Å²) in [4.78, 5) is 38.2. The number of amides is 2. The number of carbonyl (C=O) groups excluding carboxylic acids is 2. The summed E-state index contributed by atoms with van der Waals surface area (Å²) in [6.07, 6.45) is 2.31. The maximum atomic E-state index is 12.9. The van der Waals surface area contributed by atoms with E-state index in [1.807, 2.05) is 38.1 Å². The van der Waals surface area contributed by atoms with E-state index in [0.717, 1.165) is 37.7 Å². The van der Waals surface area contributed by atoms with Crippen LogP contribution in [0.25, 0.3) is 0 Å². The van der Waals surface area contributed by atoms with Crippen LogP contribution < -0.4 is 15.5 Å². The molecule has 0 saturated carbocycles. The van der Waals surface area contributed by atoms with E-state index in [9.17, 15) is 19.7 Å². The maximum absolute atomic E-state index is 12.9. The van der Waals surface area contributed by atoms with Gasteiger partial charge in [0.15, 0.2) is 0 Å². The average Bonchev–Trinajstić information content (AvgIpc) is 3.26. The van der Waals surface area contributed by atoms with Gasteiger partial charge >= 0.3 is 0 Å². The van der Waals surface area contributed by atoms with Gasteiger partial charge in [0.2, 0.25) is 5.91 Å². The van der Waals surface area contributed by atoms with Gasteiger partial charge in [-0.3, -0.25) is 19.7 Å². The molecule has 1 unspecified atom stereocenters. The summed E-state index contributed by atoms with van der Waals surface area (Å²) >= 11 is 6.05. The van der Waals surface area contributed by atoms with Gasteiger partial charge in [0.1, 0.15) is 6.04 Å². The van der Waals surface area contributed by atoms with Crippen LogP contribution in [0, 0.1) is 16.0 Å². The zero-order valence-electron chi connectivity index (χ0n) is 17.4. The lowest BCUT2D eigenvalue weighted by atomic mass is 10.0. The van der Waals surface area contributed by atoms with Crippen molar-refractivity contribution in [2.45, 2.75) is 32.7 Å². The Balaban J connectivity index is 1.72. The molecule has 1 atom stereocenters. The number of benzene rings is 2. The number of nitro groups is 1. The number of hydrogen-bond acceptors (Lipinski definition) is 5. The van der Waals surface area contributed by atoms with Crippen molar-refractivity contribution in [2.75, 3.05) is 23.3 Å². The standard InChI is InChI=1S/C22H25ClN4O4/c1-14(2)20(25-21(28)18-9-8-17(27(30)31)13-19(18)23)22(29)24-15-6-5-7-16(12-15)26-10-3-4-11-26/h5-9,12-14,20H,3-4,10-11H2,1-2H3,(H,24,29)(H,25,28). The van der Waals surface area contributed by atoms with E-state index in [0.29, 0.717) is 5.69 Å². The molecule has 2 N–H and O–H groups in total. The highest BCUT2D eigenvalue weighted by molar-refractivity contribution is 6.34.